The Morgan fingerprint density at radius 2 is 1.88 bits per heavy atom. The summed E-state index contributed by atoms with van der Waals surface area (Å²) in [6.45, 7) is 2.11. The molecule has 6 heteroatoms. The van der Waals surface area contributed by atoms with Crippen LogP contribution in [0.2, 0.25) is 0 Å². The topological polar surface area (TPSA) is 35.8 Å². The molecule has 0 aliphatic heterocycles. The van der Waals surface area contributed by atoms with Gasteiger partial charge in [0.2, 0.25) is 0 Å². The number of hydrogen-bond acceptors (Lipinski definition) is 4. The van der Waals surface area contributed by atoms with E-state index in [-0.39, 0.29) is 17.0 Å². The fourth-order valence-electron chi connectivity index (χ4n) is 2.75. The van der Waals surface area contributed by atoms with Crippen molar-refractivity contribution in [2.75, 3.05) is 14.2 Å². The standard InChI is InChI=1S/C18H16N2O2S.BrH/c1-11-4-7-15-17(8-11)23-18-19-14(10-20(15)18)13-6-5-12(21-2)9-16(13)22-3;/h4-10H,1-3H3;1H. The van der Waals surface area contributed by atoms with Gasteiger partial charge in [-0.25, -0.2) is 4.98 Å². The second-order valence-electron chi connectivity index (χ2n) is 5.42. The van der Waals surface area contributed by atoms with Crippen LogP contribution in [0.3, 0.4) is 0 Å². The van der Waals surface area contributed by atoms with Crippen molar-refractivity contribution in [1.82, 2.24) is 9.38 Å². The molecule has 0 atom stereocenters. The number of aryl methyl sites for hydroxylation is 1. The number of thiazole rings is 1. The van der Waals surface area contributed by atoms with Crippen molar-refractivity contribution < 1.29 is 9.47 Å². The molecule has 0 aliphatic carbocycles. The van der Waals surface area contributed by atoms with Crippen molar-refractivity contribution >= 4 is 43.5 Å². The summed E-state index contributed by atoms with van der Waals surface area (Å²) in [5, 5.41) is 0. The monoisotopic (exact) mass is 404 g/mol. The Hall–Kier alpha value is -2.05. The zero-order valence-electron chi connectivity index (χ0n) is 13.6. The first-order valence-electron chi connectivity index (χ1n) is 7.30. The van der Waals surface area contributed by atoms with Gasteiger partial charge < -0.3 is 9.47 Å². The SMILES string of the molecule is Br.COc1ccc(-c2cn3c(n2)sc2cc(C)ccc23)c(OC)c1. The van der Waals surface area contributed by atoms with Gasteiger partial charge in [-0.1, -0.05) is 17.4 Å². The number of rotatable bonds is 3. The Morgan fingerprint density at radius 3 is 2.62 bits per heavy atom. The van der Waals surface area contributed by atoms with Gasteiger partial charge in [-0.3, -0.25) is 4.40 Å². The smallest absolute Gasteiger partial charge is 0.195 e. The van der Waals surface area contributed by atoms with Gasteiger partial charge in [0, 0.05) is 17.8 Å². The molecule has 2 aromatic carbocycles. The highest BCUT2D eigenvalue weighted by Crippen LogP contribution is 2.35. The van der Waals surface area contributed by atoms with Crippen LogP contribution in [0.25, 0.3) is 26.4 Å². The highest BCUT2D eigenvalue weighted by molar-refractivity contribution is 8.93. The Balaban J connectivity index is 0.00000169. The van der Waals surface area contributed by atoms with E-state index >= 15 is 0 Å². The molecule has 124 valence electrons. The first kappa shape index (κ1) is 16.8. The first-order chi connectivity index (χ1) is 11.2. The van der Waals surface area contributed by atoms with Crippen LogP contribution in [0.1, 0.15) is 5.56 Å². The molecule has 0 spiro atoms. The Labute approximate surface area is 154 Å². The zero-order valence-corrected chi connectivity index (χ0v) is 16.1. The molecule has 0 fully saturated rings. The number of imidazole rings is 1. The molecule has 0 amide bonds. The minimum Gasteiger partial charge on any atom is -0.497 e. The van der Waals surface area contributed by atoms with E-state index in [4.69, 9.17) is 14.5 Å². The maximum Gasteiger partial charge on any atom is 0.195 e. The van der Waals surface area contributed by atoms with Gasteiger partial charge in [-0.05, 0) is 36.8 Å². The van der Waals surface area contributed by atoms with Crippen LogP contribution in [-0.2, 0) is 0 Å². The first-order valence-corrected chi connectivity index (χ1v) is 8.12. The van der Waals surface area contributed by atoms with Crippen molar-refractivity contribution in [2.24, 2.45) is 0 Å². The van der Waals surface area contributed by atoms with Crippen molar-refractivity contribution in [3.8, 4) is 22.8 Å². The Bertz CT molecular complexity index is 1020. The van der Waals surface area contributed by atoms with Gasteiger partial charge in [0.05, 0.1) is 30.1 Å². The van der Waals surface area contributed by atoms with Gasteiger partial charge in [0.1, 0.15) is 11.5 Å². The molecule has 0 aliphatic rings. The van der Waals surface area contributed by atoms with E-state index in [0.717, 1.165) is 27.7 Å². The lowest BCUT2D eigenvalue weighted by Crippen LogP contribution is -1.90. The minimum absolute atomic E-state index is 0. The van der Waals surface area contributed by atoms with Crippen LogP contribution in [0.15, 0.2) is 42.6 Å². The van der Waals surface area contributed by atoms with E-state index in [2.05, 4.69) is 35.7 Å². The molecule has 0 unspecified atom stereocenters. The van der Waals surface area contributed by atoms with Gasteiger partial charge >= 0.3 is 0 Å². The predicted octanol–water partition coefficient (Wildman–Crippen LogP) is 5.12. The summed E-state index contributed by atoms with van der Waals surface area (Å²) in [4.78, 5) is 5.76. The number of fused-ring (bicyclic) bond motifs is 3. The van der Waals surface area contributed by atoms with Crippen LogP contribution in [0, 0.1) is 6.92 Å². The molecular formula is C18H17BrN2O2S. The van der Waals surface area contributed by atoms with Crippen LogP contribution in [0.4, 0.5) is 0 Å². The van der Waals surface area contributed by atoms with E-state index in [9.17, 15) is 0 Å². The summed E-state index contributed by atoms with van der Waals surface area (Å²) in [5.41, 5.74) is 4.31. The van der Waals surface area contributed by atoms with Crippen molar-refractivity contribution in [2.45, 2.75) is 6.92 Å². The predicted molar refractivity (Wildman–Crippen MR) is 104 cm³/mol. The van der Waals surface area contributed by atoms with E-state index in [0.29, 0.717) is 0 Å². The Kier molecular flexibility index (Phi) is 4.51. The molecule has 4 nitrogen and oxygen atoms in total. The van der Waals surface area contributed by atoms with E-state index in [1.807, 2.05) is 18.2 Å². The number of halogens is 1. The second kappa shape index (κ2) is 6.45. The molecule has 24 heavy (non-hydrogen) atoms. The lowest BCUT2D eigenvalue weighted by molar-refractivity contribution is 0.395. The molecule has 0 saturated carbocycles. The van der Waals surface area contributed by atoms with E-state index < -0.39 is 0 Å². The molecule has 2 aromatic heterocycles. The fraction of sp³-hybridized carbons (Fsp3) is 0.167. The molecule has 0 bridgehead atoms. The molecule has 4 aromatic rings. The van der Waals surface area contributed by atoms with Gasteiger partial charge in [0.15, 0.2) is 4.96 Å². The summed E-state index contributed by atoms with van der Waals surface area (Å²) in [6.07, 6.45) is 2.06. The lowest BCUT2D eigenvalue weighted by atomic mass is 10.1. The highest BCUT2D eigenvalue weighted by Gasteiger charge is 2.14. The molecular weight excluding hydrogens is 388 g/mol. The maximum absolute atomic E-state index is 5.49. The number of nitrogens with zero attached hydrogens (tertiary/aromatic N) is 2. The number of benzene rings is 2. The third kappa shape index (κ3) is 2.65. The van der Waals surface area contributed by atoms with Crippen LogP contribution >= 0.6 is 28.3 Å². The molecule has 0 saturated heterocycles. The van der Waals surface area contributed by atoms with Crippen molar-refractivity contribution in [3.05, 3.63) is 48.2 Å². The van der Waals surface area contributed by atoms with Gasteiger partial charge in [0.25, 0.3) is 0 Å². The maximum atomic E-state index is 5.49. The average molecular weight is 405 g/mol. The van der Waals surface area contributed by atoms with Gasteiger partial charge in [-0.15, -0.1) is 17.0 Å². The molecule has 2 heterocycles. The number of aromatic nitrogens is 2. The summed E-state index contributed by atoms with van der Waals surface area (Å²) in [5.74, 6) is 1.53. The molecule has 4 rings (SSSR count). The molecule has 0 radical (unpaired) electrons. The van der Waals surface area contributed by atoms with E-state index in [1.165, 1.54) is 15.8 Å². The average Bonchev–Trinajstić information content (AvgIpc) is 3.11. The van der Waals surface area contributed by atoms with Gasteiger partial charge in [-0.2, -0.15) is 0 Å². The summed E-state index contributed by atoms with van der Waals surface area (Å²) in [7, 11) is 3.31. The van der Waals surface area contributed by atoms with E-state index in [1.54, 1.807) is 25.6 Å². The summed E-state index contributed by atoms with van der Waals surface area (Å²) in [6, 6.07) is 12.3. The second-order valence-corrected chi connectivity index (χ2v) is 6.43. The minimum atomic E-state index is 0. The number of methoxy groups -OCH3 is 2. The van der Waals surface area contributed by atoms with Crippen LogP contribution in [0.5, 0.6) is 11.5 Å². The van der Waals surface area contributed by atoms with Crippen molar-refractivity contribution in [1.29, 1.82) is 0 Å². The molecule has 0 N–H and O–H groups in total. The number of ether oxygens (including phenoxy) is 2. The summed E-state index contributed by atoms with van der Waals surface area (Å²) < 4.78 is 14.1. The highest BCUT2D eigenvalue weighted by atomic mass is 79.9. The zero-order chi connectivity index (χ0) is 16.0. The number of hydrogen-bond donors (Lipinski definition) is 0. The largest absolute Gasteiger partial charge is 0.497 e. The Morgan fingerprint density at radius 1 is 1.04 bits per heavy atom. The van der Waals surface area contributed by atoms with Crippen LogP contribution < -0.4 is 9.47 Å². The quantitative estimate of drug-likeness (QED) is 0.475. The fourth-order valence-corrected chi connectivity index (χ4v) is 3.85. The third-order valence-corrected chi connectivity index (χ3v) is 4.95. The lowest BCUT2D eigenvalue weighted by Gasteiger charge is -2.08. The van der Waals surface area contributed by atoms with Crippen LogP contribution in [-0.4, -0.2) is 23.6 Å². The normalized spacial score (nSPS) is 10.8. The third-order valence-electron chi connectivity index (χ3n) is 3.93. The van der Waals surface area contributed by atoms with Crippen molar-refractivity contribution in [3.63, 3.8) is 0 Å². The summed E-state index contributed by atoms with van der Waals surface area (Å²) >= 11 is 1.70.